The predicted molar refractivity (Wildman–Crippen MR) is 93.7 cm³/mol. The quantitative estimate of drug-likeness (QED) is 0.798. The molecule has 23 heavy (non-hydrogen) atoms. The van der Waals surface area contributed by atoms with E-state index in [0.29, 0.717) is 12.6 Å². The van der Waals surface area contributed by atoms with Crippen LogP contribution in [0.2, 0.25) is 0 Å². The van der Waals surface area contributed by atoms with E-state index >= 15 is 0 Å². The van der Waals surface area contributed by atoms with E-state index < -0.39 is 0 Å². The molecule has 0 unspecified atom stereocenters. The maximum atomic E-state index is 5.90. The Labute approximate surface area is 141 Å². The van der Waals surface area contributed by atoms with Crippen LogP contribution in [0.15, 0.2) is 17.4 Å². The third-order valence-electron chi connectivity index (χ3n) is 4.64. The second-order valence-corrected chi connectivity index (χ2v) is 7.89. The number of hydrogen-bond donors (Lipinski definition) is 0. The molecule has 0 aromatic heterocycles. The van der Waals surface area contributed by atoms with Crippen molar-refractivity contribution < 1.29 is 4.74 Å². The molecule has 4 nitrogen and oxygen atoms in total. The normalized spacial score (nSPS) is 26.5. The fraction of sp³-hybridized carbons (Fsp3) is 0.579. The second-order valence-electron chi connectivity index (χ2n) is 7.89. The highest BCUT2D eigenvalue weighted by atomic mass is 16.5. The number of rotatable bonds is 4. The largest absolute Gasteiger partial charge is 0.478 e. The Kier molecular flexibility index (Phi) is 4.61. The van der Waals surface area contributed by atoms with E-state index in [1.807, 2.05) is 0 Å². The molecule has 1 fully saturated rings. The number of ether oxygens (including phenoxy) is 1. The summed E-state index contributed by atoms with van der Waals surface area (Å²) in [5.41, 5.74) is 0.143. The van der Waals surface area contributed by atoms with Crippen LogP contribution in [0.3, 0.4) is 0 Å². The molecule has 4 heteroatoms. The van der Waals surface area contributed by atoms with Gasteiger partial charge in [0.1, 0.15) is 6.61 Å². The van der Waals surface area contributed by atoms with Crippen LogP contribution in [0.25, 0.3) is 0 Å². The first-order valence-electron chi connectivity index (χ1n) is 8.48. The van der Waals surface area contributed by atoms with Gasteiger partial charge in [-0.3, -0.25) is 0 Å². The van der Waals surface area contributed by atoms with Gasteiger partial charge in [0.25, 0.3) is 0 Å². The Hall–Kier alpha value is -1.19. The lowest BCUT2D eigenvalue weighted by molar-refractivity contribution is 0.231. The molecule has 5 radical (unpaired) electrons. The van der Waals surface area contributed by atoms with Crippen molar-refractivity contribution in [1.29, 1.82) is 0 Å². The van der Waals surface area contributed by atoms with E-state index in [0.717, 1.165) is 25.0 Å². The highest BCUT2D eigenvalue weighted by Crippen LogP contribution is 2.38. The van der Waals surface area contributed by atoms with Gasteiger partial charge in [0, 0.05) is 30.9 Å². The SMILES string of the molecule is CC(C)N1C=CN(C[C]2[CH][CH][CH][C]2C2=N[C@@H](C(C)(C)C)CO2)C1. The summed E-state index contributed by atoms with van der Waals surface area (Å²) in [6, 6.07) is 0.772. The highest BCUT2D eigenvalue weighted by Gasteiger charge is 2.40. The van der Waals surface area contributed by atoms with Crippen molar-refractivity contribution in [2.75, 3.05) is 19.8 Å². The van der Waals surface area contributed by atoms with Crippen molar-refractivity contribution >= 4 is 5.90 Å². The molecule has 0 spiro atoms. The summed E-state index contributed by atoms with van der Waals surface area (Å²) in [6.07, 6.45) is 10.7. The summed E-state index contributed by atoms with van der Waals surface area (Å²) < 4.78 is 5.90. The lowest BCUT2D eigenvalue weighted by Crippen LogP contribution is -2.33. The van der Waals surface area contributed by atoms with Crippen LogP contribution >= 0.6 is 0 Å². The molecule has 3 aliphatic rings. The molecule has 3 rings (SSSR count). The smallest absolute Gasteiger partial charge is 0.192 e. The first-order chi connectivity index (χ1) is 10.8. The average molecular weight is 314 g/mol. The standard InChI is InChI=1S/C19H28N3O/c1-14(2)22-10-9-21(13-22)11-15-7-6-8-16(15)18-20-17(12-23-18)19(3,4)5/h6-10,14,17H,11-13H2,1-5H3/t17-/m1/s1. The molecule has 0 bridgehead atoms. The molecule has 0 saturated heterocycles. The fourth-order valence-corrected chi connectivity index (χ4v) is 2.91. The topological polar surface area (TPSA) is 28.1 Å². The summed E-state index contributed by atoms with van der Waals surface area (Å²) in [7, 11) is 0. The summed E-state index contributed by atoms with van der Waals surface area (Å²) in [6.45, 7) is 13.6. The van der Waals surface area contributed by atoms with Gasteiger partial charge in [0.05, 0.1) is 18.6 Å². The summed E-state index contributed by atoms with van der Waals surface area (Å²) in [5, 5.41) is 0. The van der Waals surface area contributed by atoms with Crippen molar-refractivity contribution in [1.82, 2.24) is 9.80 Å². The Morgan fingerprint density at radius 2 is 2.04 bits per heavy atom. The van der Waals surface area contributed by atoms with Gasteiger partial charge in [-0.1, -0.05) is 20.8 Å². The summed E-state index contributed by atoms with van der Waals surface area (Å²) in [5.74, 6) is 3.25. The van der Waals surface area contributed by atoms with Crippen molar-refractivity contribution in [3.63, 3.8) is 0 Å². The molecule has 1 atom stereocenters. The highest BCUT2D eigenvalue weighted by molar-refractivity contribution is 5.98. The van der Waals surface area contributed by atoms with Crippen molar-refractivity contribution in [2.45, 2.75) is 46.7 Å². The maximum Gasteiger partial charge on any atom is 0.192 e. The van der Waals surface area contributed by atoms with Crippen molar-refractivity contribution in [3.8, 4) is 0 Å². The van der Waals surface area contributed by atoms with Crippen LogP contribution in [0.4, 0.5) is 0 Å². The predicted octanol–water partition coefficient (Wildman–Crippen LogP) is 3.06. The molecule has 0 N–H and O–H groups in total. The lowest BCUT2D eigenvalue weighted by Gasteiger charge is -2.27. The minimum atomic E-state index is 0.143. The molecule has 2 heterocycles. The minimum absolute atomic E-state index is 0.143. The molecular formula is C19H28N3O. The van der Waals surface area contributed by atoms with Crippen LogP contribution in [-0.2, 0) is 4.74 Å². The van der Waals surface area contributed by atoms with Gasteiger partial charge in [-0.25, -0.2) is 4.99 Å². The third-order valence-corrected chi connectivity index (χ3v) is 4.64. The molecule has 2 aliphatic heterocycles. The molecular weight excluding hydrogens is 286 g/mol. The Balaban J connectivity index is 1.60. The van der Waals surface area contributed by atoms with E-state index in [4.69, 9.17) is 9.73 Å². The first-order valence-corrected chi connectivity index (χ1v) is 8.48. The van der Waals surface area contributed by atoms with E-state index in [-0.39, 0.29) is 11.5 Å². The zero-order valence-electron chi connectivity index (χ0n) is 14.9. The van der Waals surface area contributed by atoms with Gasteiger partial charge in [0.15, 0.2) is 5.90 Å². The first kappa shape index (κ1) is 16.7. The monoisotopic (exact) mass is 314 g/mol. The van der Waals surface area contributed by atoms with E-state index in [9.17, 15) is 0 Å². The Morgan fingerprint density at radius 3 is 2.65 bits per heavy atom. The van der Waals surface area contributed by atoms with Crippen molar-refractivity contribution in [2.24, 2.45) is 10.4 Å². The zero-order valence-corrected chi connectivity index (χ0v) is 14.9. The van der Waals surface area contributed by atoms with Gasteiger partial charge in [-0.05, 0) is 38.5 Å². The zero-order chi connectivity index (χ0) is 16.6. The van der Waals surface area contributed by atoms with Crippen LogP contribution in [-0.4, -0.2) is 47.6 Å². The van der Waals surface area contributed by atoms with E-state index in [1.165, 1.54) is 5.92 Å². The van der Waals surface area contributed by atoms with Crippen LogP contribution in [0.1, 0.15) is 34.6 Å². The second kappa shape index (κ2) is 6.37. The molecule has 0 aromatic rings. The Bertz CT molecular complexity index is 477. The van der Waals surface area contributed by atoms with Gasteiger partial charge in [-0.2, -0.15) is 0 Å². The molecule has 0 aromatic carbocycles. The average Bonchev–Trinajstić information content (AvgIpc) is 3.17. The van der Waals surface area contributed by atoms with Crippen LogP contribution in [0.5, 0.6) is 0 Å². The van der Waals surface area contributed by atoms with E-state index in [2.05, 4.69) is 76.1 Å². The van der Waals surface area contributed by atoms with E-state index in [1.54, 1.807) is 0 Å². The molecule has 1 saturated carbocycles. The molecule has 0 amide bonds. The number of aliphatic imine (C=N–C) groups is 1. The number of hydrogen-bond acceptors (Lipinski definition) is 4. The number of nitrogens with zero attached hydrogens (tertiary/aromatic N) is 3. The molecule has 125 valence electrons. The summed E-state index contributed by atoms with van der Waals surface area (Å²) >= 11 is 0. The van der Waals surface area contributed by atoms with Gasteiger partial charge in [-0.15, -0.1) is 0 Å². The van der Waals surface area contributed by atoms with Gasteiger partial charge < -0.3 is 14.5 Å². The third kappa shape index (κ3) is 3.67. The van der Waals surface area contributed by atoms with Gasteiger partial charge in [0.2, 0.25) is 0 Å². The fourth-order valence-electron chi connectivity index (χ4n) is 2.91. The molecule has 1 aliphatic carbocycles. The van der Waals surface area contributed by atoms with Crippen LogP contribution in [0, 0.1) is 36.5 Å². The Morgan fingerprint density at radius 1 is 1.26 bits per heavy atom. The van der Waals surface area contributed by atoms with Crippen molar-refractivity contribution in [3.05, 3.63) is 43.5 Å². The maximum absolute atomic E-state index is 5.90. The minimum Gasteiger partial charge on any atom is -0.478 e. The van der Waals surface area contributed by atoms with Gasteiger partial charge >= 0.3 is 0 Å². The lowest BCUT2D eigenvalue weighted by atomic mass is 9.88. The van der Waals surface area contributed by atoms with Crippen LogP contribution < -0.4 is 0 Å². The summed E-state index contributed by atoms with van der Waals surface area (Å²) in [4.78, 5) is 9.49.